The van der Waals surface area contributed by atoms with E-state index in [0.29, 0.717) is 10.7 Å². The molecule has 0 fully saturated rings. The topological polar surface area (TPSA) is 31.6 Å². The first-order chi connectivity index (χ1) is 7.58. The highest BCUT2D eigenvalue weighted by atomic mass is 32.1. The van der Waals surface area contributed by atoms with Crippen molar-refractivity contribution in [2.75, 3.05) is 0 Å². The summed E-state index contributed by atoms with van der Waals surface area (Å²) in [6.45, 7) is 6.42. The maximum atomic E-state index is 5.08. The molecule has 0 spiro atoms. The molecular formula is C13H16N2S. The van der Waals surface area contributed by atoms with Gasteiger partial charge in [0.05, 0.1) is 5.69 Å². The zero-order chi connectivity index (χ0) is 11.7. The number of aromatic nitrogens is 2. The standard InChI is InChI=1S/C13H16N2S/c1-8(2)10-4-6-11(7-5-10)12-9(3)14-13(16)15-12/h4-8H,1-3H3,(H2,14,15,16). The maximum absolute atomic E-state index is 5.08. The Balaban J connectivity index is 2.42. The molecule has 0 saturated carbocycles. The molecule has 16 heavy (non-hydrogen) atoms. The van der Waals surface area contributed by atoms with Crippen molar-refractivity contribution >= 4 is 12.2 Å². The minimum atomic E-state index is 0.569. The van der Waals surface area contributed by atoms with E-state index in [1.54, 1.807) is 0 Å². The van der Waals surface area contributed by atoms with Crippen LogP contribution in [0, 0.1) is 11.7 Å². The molecule has 2 nitrogen and oxygen atoms in total. The van der Waals surface area contributed by atoms with Crippen molar-refractivity contribution in [2.45, 2.75) is 26.7 Å². The molecule has 1 aromatic carbocycles. The zero-order valence-corrected chi connectivity index (χ0v) is 10.6. The molecule has 0 saturated heterocycles. The fourth-order valence-corrected chi connectivity index (χ4v) is 2.05. The molecule has 2 N–H and O–H groups in total. The lowest BCUT2D eigenvalue weighted by molar-refractivity contribution is 0.867. The molecule has 0 amide bonds. The van der Waals surface area contributed by atoms with Gasteiger partial charge in [-0.2, -0.15) is 0 Å². The van der Waals surface area contributed by atoms with E-state index in [9.17, 15) is 0 Å². The van der Waals surface area contributed by atoms with Crippen LogP contribution in [0.3, 0.4) is 0 Å². The van der Waals surface area contributed by atoms with E-state index < -0.39 is 0 Å². The fourth-order valence-electron chi connectivity index (χ4n) is 1.79. The van der Waals surface area contributed by atoms with E-state index in [4.69, 9.17) is 12.2 Å². The molecule has 3 heteroatoms. The van der Waals surface area contributed by atoms with Gasteiger partial charge in [-0.1, -0.05) is 38.1 Å². The van der Waals surface area contributed by atoms with Crippen LogP contribution in [-0.2, 0) is 0 Å². The van der Waals surface area contributed by atoms with E-state index in [-0.39, 0.29) is 0 Å². The van der Waals surface area contributed by atoms with Gasteiger partial charge >= 0.3 is 0 Å². The lowest BCUT2D eigenvalue weighted by atomic mass is 10.0. The summed E-state index contributed by atoms with van der Waals surface area (Å²) in [6.07, 6.45) is 0. The predicted molar refractivity (Wildman–Crippen MR) is 70.2 cm³/mol. The minimum Gasteiger partial charge on any atom is -0.334 e. The molecule has 1 heterocycles. The second-order valence-electron chi connectivity index (χ2n) is 4.36. The second kappa shape index (κ2) is 4.26. The number of aryl methyl sites for hydroxylation is 1. The van der Waals surface area contributed by atoms with E-state index in [0.717, 1.165) is 11.4 Å². The number of H-pyrrole nitrogens is 2. The number of imidazole rings is 1. The molecule has 0 atom stereocenters. The Morgan fingerprint density at radius 2 is 1.69 bits per heavy atom. The van der Waals surface area contributed by atoms with Crippen molar-refractivity contribution in [3.05, 3.63) is 40.3 Å². The van der Waals surface area contributed by atoms with E-state index >= 15 is 0 Å². The molecule has 0 aliphatic carbocycles. The average molecular weight is 232 g/mol. The molecular weight excluding hydrogens is 216 g/mol. The third-order valence-electron chi connectivity index (χ3n) is 2.78. The summed E-state index contributed by atoms with van der Waals surface area (Å²) in [7, 11) is 0. The molecule has 0 radical (unpaired) electrons. The van der Waals surface area contributed by atoms with Gasteiger partial charge in [0.1, 0.15) is 0 Å². The van der Waals surface area contributed by atoms with Crippen LogP contribution in [0.5, 0.6) is 0 Å². The van der Waals surface area contributed by atoms with Crippen molar-refractivity contribution < 1.29 is 0 Å². The lowest BCUT2D eigenvalue weighted by Gasteiger charge is -2.06. The highest BCUT2D eigenvalue weighted by molar-refractivity contribution is 7.71. The summed E-state index contributed by atoms with van der Waals surface area (Å²) in [5, 5.41) is 0. The van der Waals surface area contributed by atoms with Gasteiger partial charge in [-0.15, -0.1) is 0 Å². The highest BCUT2D eigenvalue weighted by Crippen LogP contribution is 2.23. The normalized spacial score (nSPS) is 11.0. The molecule has 0 unspecified atom stereocenters. The van der Waals surface area contributed by atoms with Crippen LogP contribution in [0.4, 0.5) is 0 Å². The number of rotatable bonds is 2. The second-order valence-corrected chi connectivity index (χ2v) is 4.76. The first-order valence-electron chi connectivity index (χ1n) is 5.47. The average Bonchev–Trinajstić information content (AvgIpc) is 2.58. The maximum Gasteiger partial charge on any atom is 0.175 e. The monoisotopic (exact) mass is 232 g/mol. The summed E-state index contributed by atoms with van der Waals surface area (Å²) in [5.74, 6) is 0.569. The Bertz CT molecular complexity index is 532. The van der Waals surface area contributed by atoms with Gasteiger partial charge in [-0.3, -0.25) is 0 Å². The quantitative estimate of drug-likeness (QED) is 0.748. The Morgan fingerprint density at radius 3 is 2.12 bits per heavy atom. The molecule has 2 rings (SSSR count). The Kier molecular flexibility index (Phi) is 2.97. The summed E-state index contributed by atoms with van der Waals surface area (Å²) >= 11 is 5.08. The van der Waals surface area contributed by atoms with E-state index in [1.165, 1.54) is 11.1 Å². The van der Waals surface area contributed by atoms with Crippen LogP contribution in [0.1, 0.15) is 31.0 Å². The van der Waals surface area contributed by atoms with E-state index in [1.807, 2.05) is 6.92 Å². The van der Waals surface area contributed by atoms with Crippen LogP contribution in [0.2, 0.25) is 0 Å². The minimum absolute atomic E-state index is 0.569. The van der Waals surface area contributed by atoms with Crippen LogP contribution < -0.4 is 0 Å². The van der Waals surface area contributed by atoms with Crippen LogP contribution in [-0.4, -0.2) is 9.97 Å². The van der Waals surface area contributed by atoms with Crippen molar-refractivity contribution in [2.24, 2.45) is 0 Å². The van der Waals surface area contributed by atoms with Crippen molar-refractivity contribution in [1.82, 2.24) is 9.97 Å². The Labute approximate surface area is 101 Å². The van der Waals surface area contributed by atoms with Crippen LogP contribution >= 0.6 is 12.2 Å². The van der Waals surface area contributed by atoms with Crippen molar-refractivity contribution in [3.8, 4) is 11.3 Å². The molecule has 0 bridgehead atoms. The first kappa shape index (κ1) is 11.1. The van der Waals surface area contributed by atoms with Crippen LogP contribution in [0.15, 0.2) is 24.3 Å². The SMILES string of the molecule is Cc1[nH]c(=S)[nH]c1-c1ccc(C(C)C)cc1. The number of benzene rings is 1. The Morgan fingerprint density at radius 1 is 1.06 bits per heavy atom. The molecule has 2 aromatic rings. The van der Waals surface area contributed by atoms with Gasteiger partial charge in [-0.05, 0) is 36.2 Å². The largest absolute Gasteiger partial charge is 0.334 e. The molecule has 84 valence electrons. The van der Waals surface area contributed by atoms with Gasteiger partial charge in [0.2, 0.25) is 0 Å². The van der Waals surface area contributed by atoms with Crippen molar-refractivity contribution in [3.63, 3.8) is 0 Å². The summed E-state index contributed by atoms with van der Waals surface area (Å²) in [6, 6.07) is 8.61. The molecule has 1 aromatic heterocycles. The third kappa shape index (κ3) is 2.09. The number of hydrogen-bond acceptors (Lipinski definition) is 1. The summed E-state index contributed by atoms with van der Waals surface area (Å²) in [4.78, 5) is 6.27. The highest BCUT2D eigenvalue weighted by Gasteiger charge is 2.05. The van der Waals surface area contributed by atoms with Crippen LogP contribution in [0.25, 0.3) is 11.3 Å². The number of nitrogens with one attached hydrogen (secondary N) is 2. The van der Waals surface area contributed by atoms with Gasteiger partial charge < -0.3 is 9.97 Å². The fraction of sp³-hybridized carbons (Fsp3) is 0.308. The predicted octanol–water partition coefficient (Wildman–Crippen LogP) is 4.17. The van der Waals surface area contributed by atoms with Gasteiger partial charge in [0.25, 0.3) is 0 Å². The summed E-state index contributed by atoms with van der Waals surface area (Å²) in [5.41, 5.74) is 4.70. The number of aromatic amines is 2. The zero-order valence-electron chi connectivity index (χ0n) is 9.79. The third-order valence-corrected chi connectivity index (χ3v) is 2.98. The van der Waals surface area contributed by atoms with E-state index in [2.05, 4.69) is 48.1 Å². The lowest BCUT2D eigenvalue weighted by Crippen LogP contribution is -1.87. The molecule has 0 aliphatic heterocycles. The number of hydrogen-bond donors (Lipinski definition) is 2. The summed E-state index contributed by atoms with van der Waals surface area (Å²) < 4.78 is 0.681. The van der Waals surface area contributed by atoms with Gasteiger partial charge in [0.15, 0.2) is 4.77 Å². The first-order valence-corrected chi connectivity index (χ1v) is 5.88. The smallest absolute Gasteiger partial charge is 0.175 e. The Hall–Kier alpha value is -1.35. The van der Waals surface area contributed by atoms with Crippen molar-refractivity contribution in [1.29, 1.82) is 0 Å². The molecule has 0 aliphatic rings. The van der Waals surface area contributed by atoms with Gasteiger partial charge in [-0.25, -0.2) is 0 Å². The van der Waals surface area contributed by atoms with Gasteiger partial charge in [0, 0.05) is 5.69 Å².